The number of pyridine rings is 1. The summed E-state index contributed by atoms with van der Waals surface area (Å²) in [4.78, 5) is 8.45. The summed E-state index contributed by atoms with van der Waals surface area (Å²) in [6.45, 7) is 5.23. The van der Waals surface area contributed by atoms with Gasteiger partial charge in [-0.15, -0.1) is 10.2 Å². The summed E-state index contributed by atoms with van der Waals surface area (Å²) in [5.74, 6) is 2.09. The second-order valence-corrected chi connectivity index (χ2v) is 6.66. The van der Waals surface area contributed by atoms with E-state index in [1.54, 1.807) is 19.5 Å². The van der Waals surface area contributed by atoms with Crippen LogP contribution in [0.5, 0.6) is 0 Å². The maximum atomic E-state index is 5.33. The third-order valence-electron chi connectivity index (χ3n) is 3.60. The van der Waals surface area contributed by atoms with Crippen molar-refractivity contribution in [3.8, 4) is 11.4 Å². The molecule has 0 amide bonds. The number of ether oxygens (including phenoxy) is 1. The summed E-state index contributed by atoms with van der Waals surface area (Å²) < 4.78 is 12.6. The molecule has 0 aromatic carbocycles. The first kappa shape index (κ1) is 17.6. The Hall–Kier alpha value is -2.26. The molecule has 25 heavy (non-hydrogen) atoms. The van der Waals surface area contributed by atoms with E-state index in [0.29, 0.717) is 24.9 Å². The maximum absolute atomic E-state index is 5.33. The molecule has 0 spiro atoms. The summed E-state index contributed by atoms with van der Waals surface area (Å²) in [6, 6.07) is 3.83. The minimum atomic E-state index is -0.0245. The molecule has 0 saturated carbocycles. The Balaban J connectivity index is 1.86. The summed E-state index contributed by atoms with van der Waals surface area (Å²) in [6.07, 6.45) is 4.23. The van der Waals surface area contributed by atoms with Crippen LogP contribution in [0.15, 0.2) is 34.2 Å². The van der Waals surface area contributed by atoms with Gasteiger partial charge in [-0.2, -0.15) is 4.98 Å². The van der Waals surface area contributed by atoms with Gasteiger partial charge in [-0.05, 0) is 19.1 Å². The van der Waals surface area contributed by atoms with E-state index < -0.39 is 0 Å². The van der Waals surface area contributed by atoms with Crippen molar-refractivity contribution in [2.24, 2.45) is 0 Å². The van der Waals surface area contributed by atoms with Crippen LogP contribution in [0, 0.1) is 0 Å². The molecule has 8 nitrogen and oxygen atoms in total. The van der Waals surface area contributed by atoms with Crippen LogP contribution in [0.4, 0.5) is 0 Å². The Kier molecular flexibility index (Phi) is 5.77. The average Bonchev–Trinajstić information content (AvgIpc) is 3.28. The van der Waals surface area contributed by atoms with Crippen LogP contribution in [-0.4, -0.2) is 43.6 Å². The van der Waals surface area contributed by atoms with Gasteiger partial charge in [0.2, 0.25) is 5.89 Å². The molecule has 0 saturated heterocycles. The first-order chi connectivity index (χ1) is 12.2. The van der Waals surface area contributed by atoms with Gasteiger partial charge >= 0.3 is 0 Å². The number of rotatable bonds is 8. The highest BCUT2D eigenvalue weighted by atomic mass is 32.2. The lowest BCUT2D eigenvalue weighted by Crippen LogP contribution is -2.08. The average molecular weight is 360 g/mol. The number of hydrogen-bond donors (Lipinski definition) is 0. The van der Waals surface area contributed by atoms with Crippen LogP contribution < -0.4 is 0 Å². The normalized spacial score (nSPS) is 12.4. The Morgan fingerprint density at radius 2 is 2.08 bits per heavy atom. The number of methoxy groups -OCH3 is 1. The van der Waals surface area contributed by atoms with Crippen LogP contribution in [-0.2, 0) is 17.7 Å². The molecule has 3 heterocycles. The van der Waals surface area contributed by atoms with Crippen molar-refractivity contribution in [3.63, 3.8) is 0 Å². The maximum Gasteiger partial charge on any atom is 0.239 e. The van der Waals surface area contributed by atoms with E-state index in [-0.39, 0.29) is 5.25 Å². The van der Waals surface area contributed by atoms with Crippen LogP contribution in [0.2, 0.25) is 0 Å². The number of aromatic nitrogens is 6. The Labute approximate surface area is 150 Å². The van der Waals surface area contributed by atoms with E-state index >= 15 is 0 Å². The van der Waals surface area contributed by atoms with Gasteiger partial charge in [-0.1, -0.05) is 23.8 Å². The zero-order valence-corrected chi connectivity index (χ0v) is 15.2. The lowest BCUT2D eigenvalue weighted by molar-refractivity contribution is 0.185. The lowest BCUT2D eigenvalue weighted by atomic mass is 10.2. The summed E-state index contributed by atoms with van der Waals surface area (Å²) in [5.41, 5.74) is 0.962. The molecule has 132 valence electrons. The van der Waals surface area contributed by atoms with Crippen molar-refractivity contribution < 1.29 is 9.26 Å². The molecule has 9 heteroatoms. The monoisotopic (exact) mass is 360 g/mol. The third-order valence-corrected chi connectivity index (χ3v) is 4.67. The van der Waals surface area contributed by atoms with Gasteiger partial charge in [0.1, 0.15) is 0 Å². The SMILES string of the molecule is CCc1noc(C(C)Sc2nnc(-c3ccncc3)n2CCOC)n1. The first-order valence-corrected chi connectivity index (χ1v) is 8.92. The molecule has 0 radical (unpaired) electrons. The highest BCUT2D eigenvalue weighted by molar-refractivity contribution is 7.99. The molecular formula is C16H20N6O2S. The second-order valence-electron chi connectivity index (χ2n) is 5.35. The molecule has 1 unspecified atom stereocenters. The van der Waals surface area contributed by atoms with Gasteiger partial charge < -0.3 is 9.26 Å². The van der Waals surface area contributed by atoms with Crippen LogP contribution in [0.1, 0.15) is 30.8 Å². The predicted octanol–water partition coefficient (Wildman–Crippen LogP) is 2.79. The number of hydrogen-bond acceptors (Lipinski definition) is 8. The molecule has 1 atom stereocenters. The Morgan fingerprint density at radius 1 is 1.28 bits per heavy atom. The van der Waals surface area contributed by atoms with E-state index in [1.165, 1.54) is 11.8 Å². The van der Waals surface area contributed by atoms with Crippen molar-refractivity contribution in [2.75, 3.05) is 13.7 Å². The molecule has 0 aliphatic rings. The van der Waals surface area contributed by atoms with Gasteiger partial charge in [0.05, 0.1) is 18.4 Å². The molecule has 0 aliphatic heterocycles. The van der Waals surface area contributed by atoms with Gasteiger partial charge in [-0.3, -0.25) is 9.55 Å². The minimum absolute atomic E-state index is 0.0245. The summed E-state index contributed by atoms with van der Waals surface area (Å²) in [7, 11) is 1.68. The molecule has 3 aromatic heterocycles. The summed E-state index contributed by atoms with van der Waals surface area (Å²) in [5, 5.41) is 13.4. The standard InChI is InChI=1S/C16H20N6O2S/c1-4-13-18-15(24-21-13)11(2)25-16-20-19-14(22(16)9-10-23-3)12-5-7-17-8-6-12/h5-8,11H,4,9-10H2,1-3H3. The molecule has 3 rings (SSSR count). The van der Waals surface area contributed by atoms with Gasteiger partial charge in [0.25, 0.3) is 0 Å². The van der Waals surface area contributed by atoms with Crippen molar-refractivity contribution in [1.29, 1.82) is 0 Å². The van der Waals surface area contributed by atoms with E-state index in [9.17, 15) is 0 Å². The molecular weight excluding hydrogens is 340 g/mol. The third kappa shape index (κ3) is 4.05. The number of nitrogens with zero attached hydrogens (tertiary/aromatic N) is 6. The highest BCUT2D eigenvalue weighted by Gasteiger charge is 2.21. The van der Waals surface area contributed by atoms with E-state index in [1.807, 2.05) is 30.5 Å². The van der Waals surface area contributed by atoms with Gasteiger partial charge in [0, 0.05) is 31.5 Å². The Morgan fingerprint density at radius 3 is 2.76 bits per heavy atom. The number of thioether (sulfide) groups is 1. The quantitative estimate of drug-likeness (QED) is 0.566. The van der Waals surface area contributed by atoms with E-state index in [4.69, 9.17) is 9.26 Å². The topological polar surface area (TPSA) is 91.8 Å². The smallest absolute Gasteiger partial charge is 0.239 e. The van der Waals surface area contributed by atoms with Crippen molar-refractivity contribution in [3.05, 3.63) is 36.2 Å². The van der Waals surface area contributed by atoms with Crippen LogP contribution >= 0.6 is 11.8 Å². The number of aryl methyl sites for hydroxylation is 1. The van der Waals surface area contributed by atoms with E-state index in [0.717, 1.165) is 23.0 Å². The van der Waals surface area contributed by atoms with Gasteiger partial charge in [0.15, 0.2) is 16.8 Å². The van der Waals surface area contributed by atoms with Gasteiger partial charge in [-0.25, -0.2) is 0 Å². The minimum Gasteiger partial charge on any atom is -0.383 e. The molecule has 3 aromatic rings. The molecule has 0 bridgehead atoms. The van der Waals surface area contributed by atoms with Crippen molar-refractivity contribution in [2.45, 2.75) is 37.2 Å². The lowest BCUT2D eigenvalue weighted by Gasteiger charge is -2.11. The fourth-order valence-electron chi connectivity index (χ4n) is 2.26. The predicted molar refractivity (Wildman–Crippen MR) is 93.1 cm³/mol. The molecule has 0 N–H and O–H groups in total. The molecule has 0 aliphatic carbocycles. The molecule has 0 fully saturated rings. The van der Waals surface area contributed by atoms with Crippen LogP contribution in [0.3, 0.4) is 0 Å². The van der Waals surface area contributed by atoms with Crippen molar-refractivity contribution >= 4 is 11.8 Å². The zero-order chi connectivity index (χ0) is 17.6. The van der Waals surface area contributed by atoms with Crippen molar-refractivity contribution in [1.82, 2.24) is 29.9 Å². The fourth-order valence-corrected chi connectivity index (χ4v) is 3.17. The summed E-state index contributed by atoms with van der Waals surface area (Å²) >= 11 is 1.53. The zero-order valence-electron chi connectivity index (χ0n) is 14.4. The van der Waals surface area contributed by atoms with E-state index in [2.05, 4.69) is 25.3 Å². The first-order valence-electron chi connectivity index (χ1n) is 8.04. The fraction of sp³-hybridized carbons (Fsp3) is 0.438. The Bertz CT molecular complexity index is 804. The second kappa shape index (κ2) is 8.21. The largest absolute Gasteiger partial charge is 0.383 e. The highest BCUT2D eigenvalue weighted by Crippen LogP contribution is 2.34. The van der Waals surface area contributed by atoms with Crippen LogP contribution in [0.25, 0.3) is 11.4 Å².